The number of aliphatic hydroxyl groups is 1. The van der Waals surface area contributed by atoms with Crippen molar-refractivity contribution in [3.63, 3.8) is 0 Å². The number of aromatic nitrogens is 1. The predicted octanol–water partition coefficient (Wildman–Crippen LogP) is 2.25. The second-order valence-electron chi connectivity index (χ2n) is 5.79. The smallest absolute Gasteiger partial charge is 0.125 e. The molecule has 2 rings (SSSR count). The normalized spacial score (nSPS) is 24.4. The van der Waals surface area contributed by atoms with Crippen molar-refractivity contribution < 1.29 is 5.11 Å². The van der Waals surface area contributed by atoms with Crippen LogP contribution < -0.4 is 5.32 Å². The topological polar surface area (TPSA) is 48.4 Å². The molecule has 1 aromatic rings. The lowest BCUT2D eigenvalue weighted by Gasteiger charge is -2.36. The van der Waals surface area contributed by atoms with Gasteiger partial charge in [0.1, 0.15) is 5.82 Å². The Kier molecular flexibility index (Phi) is 4.77. The standard InChI is InChI=1S/C15H25N3O/c1-3-8-16-14-6-5-13(10-17-14)11-18-9-4-7-15(2,19)12-18/h5-6,10,19H,3-4,7-9,11-12H2,1-2H3,(H,16,17). The molecule has 0 saturated carbocycles. The highest BCUT2D eigenvalue weighted by Crippen LogP contribution is 2.21. The maximum absolute atomic E-state index is 10.1. The van der Waals surface area contributed by atoms with E-state index in [4.69, 9.17) is 0 Å². The van der Waals surface area contributed by atoms with Crippen LogP contribution in [0.25, 0.3) is 0 Å². The van der Waals surface area contributed by atoms with E-state index in [0.717, 1.165) is 51.3 Å². The fourth-order valence-electron chi connectivity index (χ4n) is 2.59. The van der Waals surface area contributed by atoms with Crippen LogP contribution in [-0.2, 0) is 6.54 Å². The monoisotopic (exact) mass is 263 g/mol. The highest BCUT2D eigenvalue weighted by atomic mass is 16.3. The molecule has 0 radical (unpaired) electrons. The predicted molar refractivity (Wildman–Crippen MR) is 78.2 cm³/mol. The molecule has 1 fully saturated rings. The second kappa shape index (κ2) is 6.35. The summed E-state index contributed by atoms with van der Waals surface area (Å²) in [6.07, 6.45) is 5.01. The molecular weight excluding hydrogens is 238 g/mol. The first kappa shape index (κ1) is 14.3. The largest absolute Gasteiger partial charge is 0.389 e. The summed E-state index contributed by atoms with van der Waals surface area (Å²) in [5.74, 6) is 0.941. The van der Waals surface area contributed by atoms with Gasteiger partial charge in [0.15, 0.2) is 0 Å². The molecule has 1 aromatic heterocycles. The van der Waals surface area contributed by atoms with Gasteiger partial charge in [-0.15, -0.1) is 0 Å². The fourth-order valence-corrected chi connectivity index (χ4v) is 2.59. The van der Waals surface area contributed by atoms with Gasteiger partial charge in [0.05, 0.1) is 5.60 Å². The molecule has 106 valence electrons. The molecule has 1 aliphatic heterocycles. The number of hydrogen-bond donors (Lipinski definition) is 2. The Hall–Kier alpha value is -1.13. The van der Waals surface area contributed by atoms with Gasteiger partial charge in [-0.3, -0.25) is 4.90 Å². The van der Waals surface area contributed by atoms with Crippen molar-refractivity contribution in [1.82, 2.24) is 9.88 Å². The molecule has 0 amide bonds. The highest BCUT2D eigenvalue weighted by Gasteiger charge is 2.28. The number of hydrogen-bond acceptors (Lipinski definition) is 4. The van der Waals surface area contributed by atoms with Crippen LogP contribution in [0.2, 0.25) is 0 Å². The first-order valence-electron chi connectivity index (χ1n) is 7.22. The van der Waals surface area contributed by atoms with Gasteiger partial charge in [-0.05, 0) is 44.4 Å². The molecule has 0 spiro atoms. The van der Waals surface area contributed by atoms with Crippen LogP contribution in [0.15, 0.2) is 18.3 Å². The SMILES string of the molecule is CCCNc1ccc(CN2CCCC(C)(O)C2)cn1. The number of rotatable bonds is 5. The van der Waals surface area contributed by atoms with Crippen LogP contribution in [0.4, 0.5) is 5.82 Å². The Morgan fingerprint density at radius 1 is 1.47 bits per heavy atom. The van der Waals surface area contributed by atoms with Crippen molar-refractivity contribution in [2.75, 3.05) is 25.0 Å². The van der Waals surface area contributed by atoms with E-state index < -0.39 is 5.60 Å². The van der Waals surface area contributed by atoms with Crippen molar-refractivity contribution in [3.05, 3.63) is 23.9 Å². The quantitative estimate of drug-likeness (QED) is 0.855. The van der Waals surface area contributed by atoms with Gasteiger partial charge >= 0.3 is 0 Å². The first-order valence-corrected chi connectivity index (χ1v) is 7.22. The lowest BCUT2D eigenvalue weighted by Crippen LogP contribution is -2.45. The van der Waals surface area contributed by atoms with Crippen molar-refractivity contribution in [3.8, 4) is 0 Å². The van der Waals surface area contributed by atoms with E-state index in [1.165, 1.54) is 5.56 Å². The zero-order valence-electron chi connectivity index (χ0n) is 12.0. The molecule has 1 unspecified atom stereocenters. The van der Waals surface area contributed by atoms with Gasteiger partial charge in [-0.1, -0.05) is 13.0 Å². The Balaban J connectivity index is 1.88. The van der Waals surface area contributed by atoms with E-state index in [-0.39, 0.29) is 0 Å². The lowest BCUT2D eigenvalue weighted by molar-refractivity contribution is -0.0181. The highest BCUT2D eigenvalue weighted by molar-refractivity contribution is 5.35. The summed E-state index contributed by atoms with van der Waals surface area (Å²) >= 11 is 0. The number of nitrogens with one attached hydrogen (secondary N) is 1. The number of nitrogens with zero attached hydrogens (tertiary/aromatic N) is 2. The van der Waals surface area contributed by atoms with Crippen molar-refractivity contribution in [2.45, 2.75) is 45.3 Å². The maximum atomic E-state index is 10.1. The zero-order valence-corrected chi connectivity index (χ0v) is 12.0. The van der Waals surface area contributed by atoms with E-state index in [1.54, 1.807) is 0 Å². The number of piperidine rings is 1. The minimum Gasteiger partial charge on any atom is -0.389 e. The van der Waals surface area contributed by atoms with Gasteiger partial charge < -0.3 is 10.4 Å². The van der Waals surface area contributed by atoms with E-state index in [1.807, 2.05) is 19.2 Å². The number of anilines is 1. The van der Waals surface area contributed by atoms with Gasteiger partial charge in [-0.25, -0.2) is 4.98 Å². The van der Waals surface area contributed by atoms with Crippen LogP contribution in [-0.4, -0.2) is 40.2 Å². The molecule has 1 saturated heterocycles. The van der Waals surface area contributed by atoms with Crippen LogP contribution in [0.3, 0.4) is 0 Å². The van der Waals surface area contributed by atoms with Crippen LogP contribution >= 0.6 is 0 Å². The molecule has 1 aliphatic rings. The zero-order chi connectivity index (χ0) is 13.7. The van der Waals surface area contributed by atoms with E-state index in [9.17, 15) is 5.11 Å². The molecule has 0 aromatic carbocycles. The molecule has 2 N–H and O–H groups in total. The minimum atomic E-state index is -0.533. The Morgan fingerprint density at radius 3 is 2.95 bits per heavy atom. The summed E-state index contributed by atoms with van der Waals surface area (Å²) in [6.45, 7) is 7.71. The third-order valence-electron chi connectivity index (χ3n) is 3.54. The van der Waals surface area contributed by atoms with Crippen molar-refractivity contribution in [2.24, 2.45) is 0 Å². The maximum Gasteiger partial charge on any atom is 0.125 e. The molecule has 0 aliphatic carbocycles. The Bertz CT molecular complexity index is 389. The summed E-state index contributed by atoms with van der Waals surface area (Å²) in [7, 11) is 0. The van der Waals surface area contributed by atoms with Crippen LogP contribution in [0.5, 0.6) is 0 Å². The lowest BCUT2D eigenvalue weighted by atomic mass is 9.95. The number of pyridine rings is 1. The van der Waals surface area contributed by atoms with Gasteiger partial charge in [0, 0.05) is 25.8 Å². The van der Waals surface area contributed by atoms with Crippen molar-refractivity contribution in [1.29, 1.82) is 0 Å². The second-order valence-corrected chi connectivity index (χ2v) is 5.79. The summed E-state index contributed by atoms with van der Waals surface area (Å²) in [5.41, 5.74) is 0.675. The summed E-state index contributed by atoms with van der Waals surface area (Å²) in [5, 5.41) is 13.4. The molecule has 4 nitrogen and oxygen atoms in total. The molecular formula is C15H25N3O. The number of likely N-dealkylation sites (tertiary alicyclic amines) is 1. The van der Waals surface area contributed by atoms with Crippen molar-refractivity contribution >= 4 is 5.82 Å². The third-order valence-corrected chi connectivity index (χ3v) is 3.54. The molecule has 4 heteroatoms. The average molecular weight is 263 g/mol. The Labute approximate surface area is 115 Å². The minimum absolute atomic E-state index is 0.533. The molecule has 2 heterocycles. The van der Waals surface area contributed by atoms with Gasteiger partial charge in [0.25, 0.3) is 0 Å². The Morgan fingerprint density at radius 2 is 2.32 bits per heavy atom. The van der Waals surface area contributed by atoms with Gasteiger partial charge in [0.2, 0.25) is 0 Å². The summed E-state index contributed by atoms with van der Waals surface area (Å²) in [6, 6.07) is 4.15. The van der Waals surface area contributed by atoms with E-state index in [2.05, 4.69) is 28.2 Å². The molecule has 19 heavy (non-hydrogen) atoms. The fraction of sp³-hybridized carbons (Fsp3) is 0.667. The number of β-amino-alcohol motifs (C(OH)–C–C–N with tert-alkyl or cyclic N) is 1. The van der Waals surface area contributed by atoms with Crippen LogP contribution in [0, 0.1) is 0 Å². The van der Waals surface area contributed by atoms with E-state index in [0.29, 0.717) is 0 Å². The summed E-state index contributed by atoms with van der Waals surface area (Å²) in [4.78, 5) is 6.72. The third kappa shape index (κ3) is 4.48. The summed E-state index contributed by atoms with van der Waals surface area (Å²) < 4.78 is 0. The molecule has 1 atom stereocenters. The average Bonchev–Trinajstić information content (AvgIpc) is 2.37. The molecule has 0 bridgehead atoms. The van der Waals surface area contributed by atoms with Gasteiger partial charge in [-0.2, -0.15) is 0 Å². The van der Waals surface area contributed by atoms with E-state index >= 15 is 0 Å². The van der Waals surface area contributed by atoms with Crippen LogP contribution in [0.1, 0.15) is 38.7 Å². The first-order chi connectivity index (χ1) is 9.09.